The SMILES string of the molecule is CC#CN1CCc2cc(-c3nc(C(=O)O)co3)ccc21. The number of carboxylic acids is 1. The molecule has 2 heterocycles. The van der Waals surface area contributed by atoms with Crippen molar-refractivity contribution < 1.29 is 14.3 Å². The molecule has 0 bridgehead atoms. The number of rotatable bonds is 2. The van der Waals surface area contributed by atoms with Gasteiger partial charge in [-0.05, 0) is 37.1 Å². The summed E-state index contributed by atoms with van der Waals surface area (Å²) in [7, 11) is 0. The fourth-order valence-corrected chi connectivity index (χ4v) is 2.29. The van der Waals surface area contributed by atoms with Gasteiger partial charge in [0.15, 0.2) is 5.69 Å². The van der Waals surface area contributed by atoms with Gasteiger partial charge in [-0.15, -0.1) is 0 Å². The number of carboxylic acid groups (broad SMARTS) is 1. The number of fused-ring (bicyclic) bond motifs is 1. The van der Waals surface area contributed by atoms with Gasteiger partial charge >= 0.3 is 5.97 Å². The van der Waals surface area contributed by atoms with Crippen molar-refractivity contribution in [2.45, 2.75) is 13.3 Å². The molecule has 0 atom stereocenters. The second kappa shape index (κ2) is 4.74. The number of hydrogen-bond donors (Lipinski definition) is 1. The van der Waals surface area contributed by atoms with Crippen LogP contribution in [0, 0.1) is 12.0 Å². The van der Waals surface area contributed by atoms with Crippen LogP contribution in [0.2, 0.25) is 0 Å². The lowest BCUT2D eigenvalue weighted by Gasteiger charge is -2.10. The minimum atomic E-state index is -1.09. The molecular formula is C15H12N2O3. The summed E-state index contributed by atoms with van der Waals surface area (Å²) in [5.74, 6) is 2.12. The second-order valence-electron chi connectivity index (χ2n) is 4.45. The van der Waals surface area contributed by atoms with E-state index in [1.165, 1.54) is 5.56 Å². The molecule has 0 fully saturated rings. The molecule has 1 aromatic carbocycles. The minimum absolute atomic E-state index is 0.0843. The van der Waals surface area contributed by atoms with E-state index in [-0.39, 0.29) is 5.69 Å². The zero-order valence-corrected chi connectivity index (χ0v) is 10.9. The smallest absolute Gasteiger partial charge is 0.357 e. The van der Waals surface area contributed by atoms with Gasteiger partial charge in [0.1, 0.15) is 6.26 Å². The van der Waals surface area contributed by atoms with Gasteiger partial charge in [-0.2, -0.15) is 0 Å². The van der Waals surface area contributed by atoms with Crippen LogP contribution in [0.25, 0.3) is 11.5 Å². The van der Waals surface area contributed by atoms with Gasteiger partial charge in [0.25, 0.3) is 0 Å². The maximum Gasteiger partial charge on any atom is 0.357 e. The van der Waals surface area contributed by atoms with E-state index in [4.69, 9.17) is 9.52 Å². The fourth-order valence-electron chi connectivity index (χ4n) is 2.29. The predicted octanol–water partition coefficient (Wildman–Crippen LogP) is 2.38. The summed E-state index contributed by atoms with van der Waals surface area (Å²) in [5.41, 5.74) is 2.95. The minimum Gasteiger partial charge on any atom is -0.476 e. The average Bonchev–Trinajstić information content (AvgIpc) is 3.06. The van der Waals surface area contributed by atoms with Crippen molar-refractivity contribution in [1.82, 2.24) is 4.98 Å². The summed E-state index contributed by atoms with van der Waals surface area (Å²) in [6, 6.07) is 8.85. The van der Waals surface area contributed by atoms with Crippen molar-refractivity contribution in [3.63, 3.8) is 0 Å². The van der Waals surface area contributed by atoms with E-state index in [0.717, 1.165) is 30.5 Å². The topological polar surface area (TPSA) is 66.6 Å². The summed E-state index contributed by atoms with van der Waals surface area (Å²) >= 11 is 0. The van der Waals surface area contributed by atoms with Crippen LogP contribution < -0.4 is 4.90 Å². The lowest BCUT2D eigenvalue weighted by molar-refractivity contribution is 0.0690. The number of oxazole rings is 1. The Hall–Kier alpha value is -2.74. The maximum absolute atomic E-state index is 10.8. The van der Waals surface area contributed by atoms with E-state index in [9.17, 15) is 4.79 Å². The summed E-state index contributed by atoms with van der Waals surface area (Å²) in [5, 5.41) is 8.85. The van der Waals surface area contributed by atoms with Gasteiger partial charge in [-0.25, -0.2) is 9.78 Å². The highest BCUT2D eigenvalue weighted by atomic mass is 16.4. The third-order valence-corrected chi connectivity index (χ3v) is 3.19. The molecule has 0 unspecified atom stereocenters. The standard InChI is InChI=1S/C15H12N2O3/c1-2-6-17-7-5-10-8-11(3-4-13(10)17)14-16-12(9-20-14)15(18)19/h3-4,8-9H,5,7H2,1H3,(H,18,19). The summed E-state index contributed by atoms with van der Waals surface area (Å²) < 4.78 is 5.21. The maximum atomic E-state index is 10.8. The predicted molar refractivity (Wildman–Crippen MR) is 73.4 cm³/mol. The molecule has 2 aromatic rings. The van der Waals surface area contributed by atoms with Crippen molar-refractivity contribution in [3.05, 3.63) is 35.7 Å². The Balaban J connectivity index is 1.96. The molecule has 1 aliphatic rings. The summed E-state index contributed by atoms with van der Waals surface area (Å²) in [6.45, 7) is 2.68. The molecule has 0 radical (unpaired) electrons. The Morgan fingerprint density at radius 3 is 3.05 bits per heavy atom. The number of benzene rings is 1. The molecular weight excluding hydrogens is 256 g/mol. The lowest BCUT2D eigenvalue weighted by Crippen LogP contribution is -2.12. The summed E-state index contributed by atoms with van der Waals surface area (Å²) in [4.78, 5) is 16.8. The Labute approximate surface area is 115 Å². The van der Waals surface area contributed by atoms with Crippen molar-refractivity contribution in [1.29, 1.82) is 0 Å². The van der Waals surface area contributed by atoms with Gasteiger partial charge < -0.3 is 14.4 Å². The van der Waals surface area contributed by atoms with Gasteiger partial charge in [-0.3, -0.25) is 0 Å². The molecule has 1 aromatic heterocycles. The first-order valence-corrected chi connectivity index (χ1v) is 6.21. The molecule has 0 amide bonds. The zero-order chi connectivity index (χ0) is 14.1. The summed E-state index contributed by atoms with van der Waals surface area (Å²) in [6.07, 6.45) is 2.06. The van der Waals surface area contributed by atoms with E-state index in [0.29, 0.717) is 5.89 Å². The number of carbonyl (C=O) groups is 1. The van der Waals surface area contributed by atoms with Crippen LogP contribution in [0.1, 0.15) is 23.0 Å². The number of aromatic carboxylic acids is 1. The van der Waals surface area contributed by atoms with Crippen LogP contribution in [0.4, 0.5) is 5.69 Å². The number of anilines is 1. The number of nitrogens with zero attached hydrogens (tertiary/aromatic N) is 2. The van der Waals surface area contributed by atoms with E-state index >= 15 is 0 Å². The molecule has 1 aliphatic heterocycles. The van der Waals surface area contributed by atoms with E-state index in [1.807, 2.05) is 30.0 Å². The third-order valence-electron chi connectivity index (χ3n) is 3.19. The van der Waals surface area contributed by atoms with Crippen molar-refractivity contribution >= 4 is 11.7 Å². The lowest BCUT2D eigenvalue weighted by atomic mass is 10.1. The van der Waals surface area contributed by atoms with Crippen LogP contribution in [0.3, 0.4) is 0 Å². The van der Waals surface area contributed by atoms with E-state index in [2.05, 4.69) is 16.9 Å². The van der Waals surface area contributed by atoms with Crippen LogP contribution in [0.5, 0.6) is 0 Å². The van der Waals surface area contributed by atoms with Crippen LogP contribution in [-0.2, 0) is 6.42 Å². The molecule has 1 N–H and O–H groups in total. The highest BCUT2D eigenvalue weighted by molar-refractivity contribution is 5.85. The third kappa shape index (κ3) is 2.01. The number of aromatic nitrogens is 1. The average molecular weight is 268 g/mol. The van der Waals surface area contributed by atoms with Crippen molar-refractivity contribution in [2.75, 3.05) is 11.4 Å². The normalized spacial score (nSPS) is 12.8. The number of hydrogen-bond acceptors (Lipinski definition) is 4. The largest absolute Gasteiger partial charge is 0.476 e. The molecule has 0 aliphatic carbocycles. The molecule has 0 saturated heterocycles. The molecule has 0 saturated carbocycles. The van der Waals surface area contributed by atoms with E-state index < -0.39 is 5.97 Å². The Kier molecular flexibility index (Phi) is 2.92. The first kappa shape index (κ1) is 12.3. The van der Waals surface area contributed by atoms with Crippen LogP contribution in [-0.4, -0.2) is 22.6 Å². The Bertz CT molecular complexity index is 737. The van der Waals surface area contributed by atoms with Gasteiger partial charge in [0.05, 0.1) is 5.69 Å². The molecule has 20 heavy (non-hydrogen) atoms. The highest BCUT2D eigenvalue weighted by Crippen LogP contribution is 2.31. The second-order valence-corrected chi connectivity index (χ2v) is 4.45. The monoisotopic (exact) mass is 268 g/mol. The van der Waals surface area contributed by atoms with Gasteiger partial charge in [-0.1, -0.05) is 5.92 Å². The first-order valence-electron chi connectivity index (χ1n) is 6.21. The van der Waals surface area contributed by atoms with E-state index in [1.54, 1.807) is 0 Å². The fraction of sp³-hybridized carbons (Fsp3) is 0.200. The molecule has 100 valence electrons. The highest BCUT2D eigenvalue weighted by Gasteiger charge is 2.19. The molecule has 3 rings (SSSR count). The van der Waals surface area contributed by atoms with Gasteiger partial charge in [0.2, 0.25) is 5.89 Å². The Morgan fingerprint density at radius 1 is 1.50 bits per heavy atom. The Morgan fingerprint density at radius 2 is 2.35 bits per heavy atom. The molecule has 0 spiro atoms. The molecule has 5 heteroatoms. The quantitative estimate of drug-likeness (QED) is 0.847. The zero-order valence-electron chi connectivity index (χ0n) is 10.9. The first-order chi connectivity index (χ1) is 9.69. The van der Waals surface area contributed by atoms with Crippen molar-refractivity contribution in [2.24, 2.45) is 0 Å². The van der Waals surface area contributed by atoms with Crippen molar-refractivity contribution in [3.8, 4) is 23.4 Å². The van der Waals surface area contributed by atoms with Crippen LogP contribution in [0.15, 0.2) is 28.9 Å². The van der Waals surface area contributed by atoms with Crippen LogP contribution >= 0.6 is 0 Å². The van der Waals surface area contributed by atoms with Gasteiger partial charge in [0, 0.05) is 18.2 Å². The molecule has 5 nitrogen and oxygen atoms in total.